The number of hydroxylamine groups is 3. The highest BCUT2D eigenvalue weighted by Crippen LogP contribution is 2.39. The van der Waals surface area contributed by atoms with Crippen LogP contribution in [0, 0.1) is 11.1 Å². The van der Waals surface area contributed by atoms with Gasteiger partial charge in [-0.1, -0.05) is 13.0 Å². The van der Waals surface area contributed by atoms with Gasteiger partial charge < -0.3 is 24.4 Å². The third-order valence-electron chi connectivity index (χ3n) is 5.83. The first kappa shape index (κ1) is 18.1. The molecule has 0 bridgehead atoms. The minimum absolute atomic E-state index is 0.0564. The second-order valence-corrected chi connectivity index (χ2v) is 7.46. The average molecular weight is 351 g/mol. The number of hydrogen-bond donors (Lipinski definition) is 1. The third kappa shape index (κ3) is 3.01. The first-order valence-electron chi connectivity index (χ1n) is 8.71. The van der Waals surface area contributed by atoms with Gasteiger partial charge in [-0.25, -0.2) is 9.59 Å². The van der Waals surface area contributed by atoms with Crippen molar-refractivity contribution in [3.8, 4) is 0 Å². The third-order valence-corrected chi connectivity index (χ3v) is 5.83. The molecule has 2 fully saturated rings. The summed E-state index contributed by atoms with van der Waals surface area (Å²) in [6, 6.07) is -0.531. The van der Waals surface area contributed by atoms with Crippen molar-refractivity contribution in [2.75, 3.05) is 19.7 Å². The number of allylic oxidation sites excluding steroid dienone is 1. The number of quaternary nitrogens is 1. The first-order chi connectivity index (χ1) is 11.7. The SMILES string of the molecule is C/C=C1/C[C@H](C)[C@](C)(O)C(=O)OCC2=CC[N+]3([O-])CC[C@H](OC1=O)[C@H]23. The molecule has 7 heteroatoms. The zero-order valence-electron chi connectivity index (χ0n) is 14.9. The molecule has 1 unspecified atom stereocenters. The van der Waals surface area contributed by atoms with Crippen LogP contribution >= 0.6 is 0 Å². The maximum absolute atomic E-state index is 12.9. The Bertz CT molecular complexity index is 652. The molecule has 3 aliphatic heterocycles. The number of cyclic esters (lactones) is 1. The highest BCUT2D eigenvalue weighted by Gasteiger charge is 2.51. The van der Waals surface area contributed by atoms with Gasteiger partial charge in [0, 0.05) is 17.6 Å². The van der Waals surface area contributed by atoms with Crippen LogP contribution in [0.15, 0.2) is 23.3 Å². The fourth-order valence-corrected chi connectivity index (χ4v) is 3.91. The van der Waals surface area contributed by atoms with Crippen LogP contribution in [0.1, 0.15) is 33.6 Å². The predicted octanol–water partition coefficient (Wildman–Crippen LogP) is 1.21. The standard InChI is InChI=1S/C18H25NO6/c1-4-12-9-11(2)18(3,22)17(21)24-10-13-5-7-19(23)8-6-14(15(13)19)25-16(12)20/h4-5,11,14-15,22H,6-10H2,1-3H3/b12-4-/t11-,14-,15-,18-,19?/m0/s1. The van der Waals surface area contributed by atoms with Crippen LogP contribution in [0.3, 0.4) is 0 Å². The van der Waals surface area contributed by atoms with Crippen LogP contribution in [0.4, 0.5) is 0 Å². The van der Waals surface area contributed by atoms with Gasteiger partial charge in [0.25, 0.3) is 0 Å². The van der Waals surface area contributed by atoms with E-state index in [1.165, 1.54) is 6.92 Å². The molecule has 0 radical (unpaired) electrons. The van der Waals surface area contributed by atoms with E-state index in [0.717, 1.165) is 0 Å². The number of nitrogens with zero attached hydrogens (tertiary/aromatic N) is 1. The van der Waals surface area contributed by atoms with Gasteiger partial charge in [-0.3, -0.25) is 0 Å². The van der Waals surface area contributed by atoms with Gasteiger partial charge >= 0.3 is 11.9 Å². The van der Waals surface area contributed by atoms with Gasteiger partial charge in [0.05, 0.1) is 13.1 Å². The van der Waals surface area contributed by atoms with Crippen molar-refractivity contribution in [3.63, 3.8) is 0 Å². The summed E-state index contributed by atoms with van der Waals surface area (Å²) in [6.45, 7) is 5.39. The number of rotatable bonds is 0. The number of carbonyl (C=O) groups is 2. The predicted molar refractivity (Wildman–Crippen MR) is 88.9 cm³/mol. The topological polar surface area (TPSA) is 95.9 Å². The number of aliphatic hydroxyl groups is 1. The maximum Gasteiger partial charge on any atom is 0.338 e. The van der Waals surface area contributed by atoms with Crippen LogP contribution in [0.25, 0.3) is 0 Å². The Kier molecular flexibility index (Phi) is 4.51. The summed E-state index contributed by atoms with van der Waals surface area (Å²) >= 11 is 0. The van der Waals surface area contributed by atoms with E-state index in [9.17, 15) is 19.9 Å². The van der Waals surface area contributed by atoms with E-state index in [4.69, 9.17) is 9.47 Å². The molecule has 0 amide bonds. The molecule has 0 spiro atoms. The summed E-state index contributed by atoms with van der Waals surface area (Å²) in [7, 11) is 0. The summed E-state index contributed by atoms with van der Waals surface area (Å²) in [5.74, 6) is -1.75. The summed E-state index contributed by atoms with van der Waals surface area (Å²) < 4.78 is 10.5. The van der Waals surface area contributed by atoms with E-state index < -0.39 is 40.2 Å². The highest BCUT2D eigenvalue weighted by molar-refractivity contribution is 5.89. The zero-order valence-corrected chi connectivity index (χ0v) is 14.9. The highest BCUT2D eigenvalue weighted by atomic mass is 16.6. The van der Waals surface area contributed by atoms with E-state index in [1.807, 2.05) is 0 Å². The molecule has 138 valence electrons. The van der Waals surface area contributed by atoms with Crippen molar-refractivity contribution < 1.29 is 28.8 Å². The number of hydrogen-bond acceptors (Lipinski definition) is 6. The van der Waals surface area contributed by atoms with Crippen molar-refractivity contribution in [2.24, 2.45) is 5.92 Å². The van der Waals surface area contributed by atoms with Crippen LogP contribution in [-0.4, -0.2) is 59.1 Å². The van der Waals surface area contributed by atoms with Crippen molar-refractivity contribution in [3.05, 3.63) is 28.5 Å². The fraction of sp³-hybridized carbons (Fsp3) is 0.667. The lowest BCUT2D eigenvalue weighted by Gasteiger charge is -2.41. The largest absolute Gasteiger partial charge is 0.632 e. The Morgan fingerprint density at radius 1 is 1.44 bits per heavy atom. The molecule has 5 atom stereocenters. The van der Waals surface area contributed by atoms with Crippen LogP contribution in [-0.2, 0) is 19.1 Å². The molecule has 25 heavy (non-hydrogen) atoms. The van der Waals surface area contributed by atoms with E-state index in [0.29, 0.717) is 24.1 Å². The minimum Gasteiger partial charge on any atom is -0.632 e. The second kappa shape index (κ2) is 6.23. The normalized spacial score (nSPS) is 43.6. The van der Waals surface area contributed by atoms with Crippen molar-refractivity contribution >= 4 is 11.9 Å². The molecule has 3 heterocycles. The molecule has 0 saturated carbocycles. The van der Waals surface area contributed by atoms with Gasteiger partial charge in [-0.05, 0) is 32.3 Å². The zero-order chi connectivity index (χ0) is 18.4. The Morgan fingerprint density at radius 3 is 2.84 bits per heavy atom. The molecule has 3 aliphatic rings. The lowest BCUT2D eigenvalue weighted by Crippen LogP contribution is -2.49. The summed E-state index contributed by atoms with van der Waals surface area (Å²) in [5.41, 5.74) is -0.670. The Labute approximate surface area is 147 Å². The molecule has 1 N–H and O–H groups in total. The van der Waals surface area contributed by atoms with Crippen molar-refractivity contribution in [1.29, 1.82) is 0 Å². The van der Waals surface area contributed by atoms with Gasteiger partial charge in [0.2, 0.25) is 0 Å². The molecular formula is C18H25NO6. The average Bonchev–Trinajstić information content (AvgIpc) is 3.05. The number of carbonyl (C=O) groups excluding carboxylic acids is 2. The Morgan fingerprint density at radius 2 is 2.16 bits per heavy atom. The second-order valence-electron chi connectivity index (χ2n) is 7.46. The van der Waals surface area contributed by atoms with Crippen LogP contribution in [0.5, 0.6) is 0 Å². The van der Waals surface area contributed by atoms with Gasteiger partial charge in [0.15, 0.2) is 17.7 Å². The van der Waals surface area contributed by atoms with E-state index in [2.05, 4.69) is 0 Å². The Hall–Kier alpha value is -1.70. The molecule has 0 aromatic rings. The molecular weight excluding hydrogens is 326 g/mol. The molecule has 0 aromatic carbocycles. The smallest absolute Gasteiger partial charge is 0.338 e. The van der Waals surface area contributed by atoms with Gasteiger partial charge in [-0.15, -0.1) is 0 Å². The van der Waals surface area contributed by atoms with Crippen molar-refractivity contribution in [2.45, 2.75) is 51.4 Å². The lowest BCUT2D eigenvalue weighted by atomic mass is 9.85. The molecule has 0 aliphatic carbocycles. The monoisotopic (exact) mass is 351 g/mol. The first-order valence-corrected chi connectivity index (χ1v) is 8.71. The quantitative estimate of drug-likeness (QED) is 0.232. The summed E-state index contributed by atoms with van der Waals surface area (Å²) in [5, 5.41) is 23.5. The molecule has 3 rings (SSSR count). The molecule has 0 aromatic heterocycles. The van der Waals surface area contributed by atoms with Crippen LogP contribution in [0.2, 0.25) is 0 Å². The number of esters is 2. The molecule has 2 saturated heterocycles. The summed E-state index contributed by atoms with van der Waals surface area (Å²) in [6.07, 6.45) is 3.57. The molecule has 7 nitrogen and oxygen atoms in total. The minimum atomic E-state index is -1.73. The summed E-state index contributed by atoms with van der Waals surface area (Å²) in [4.78, 5) is 24.9. The van der Waals surface area contributed by atoms with E-state index >= 15 is 0 Å². The van der Waals surface area contributed by atoms with Crippen LogP contribution < -0.4 is 0 Å². The van der Waals surface area contributed by atoms with E-state index in [-0.39, 0.29) is 19.6 Å². The van der Waals surface area contributed by atoms with Gasteiger partial charge in [0.1, 0.15) is 6.61 Å². The fourth-order valence-electron chi connectivity index (χ4n) is 3.91. The maximum atomic E-state index is 12.9. The lowest BCUT2D eigenvalue weighted by molar-refractivity contribution is -0.877. The van der Waals surface area contributed by atoms with E-state index in [1.54, 1.807) is 26.0 Å². The van der Waals surface area contributed by atoms with Crippen molar-refractivity contribution in [1.82, 2.24) is 0 Å². The van der Waals surface area contributed by atoms with Gasteiger partial charge in [-0.2, -0.15) is 0 Å². The number of ether oxygens (including phenoxy) is 2. The Balaban J connectivity index is 1.94.